The monoisotopic (exact) mass is 438 g/mol. The fourth-order valence-corrected chi connectivity index (χ4v) is 3.50. The van der Waals surface area contributed by atoms with Crippen molar-refractivity contribution in [2.24, 2.45) is 0 Å². The Labute approximate surface area is 189 Å². The molecule has 0 aromatic heterocycles. The standard InChI is InChI=1S/C25H30N2O5/c1-15(2)32-12-11-27-24(28)22(18-8-7-16(3)17(4)13-18)23(25(27)29)26-19-9-10-20(30-5)21(14-19)31-6/h7-10,13-15,26H,11-12H2,1-6H3. The molecule has 1 N–H and O–H groups in total. The summed E-state index contributed by atoms with van der Waals surface area (Å²) in [5.74, 6) is 0.367. The summed E-state index contributed by atoms with van der Waals surface area (Å²) < 4.78 is 16.2. The Morgan fingerprint density at radius 3 is 2.25 bits per heavy atom. The van der Waals surface area contributed by atoms with E-state index in [1.54, 1.807) is 32.4 Å². The molecule has 1 heterocycles. The highest BCUT2D eigenvalue weighted by molar-refractivity contribution is 6.36. The van der Waals surface area contributed by atoms with Gasteiger partial charge in [0.25, 0.3) is 11.8 Å². The van der Waals surface area contributed by atoms with Crippen molar-refractivity contribution in [3.63, 3.8) is 0 Å². The van der Waals surface area contributed by atoms with Gasteiger partial charge in [-0.05, 0) is 56.5 Å². The van der Waals surface area contributed by atoms with Crippen LogP contribution in [-0.2, 0) is 14.3 Å². The number of carbonyl (C=O) groups is 2. The zero-order valence-corrected chi connectivity index (χ0v) is 19.4. The quantitative estimate of drug-likeness (QED) is 0.598. The van der Waals surface area contributed by atoms with E-state index in [-0.39, 0.29) is 36.8 Å². The molecular formula is C25H30N2O5. The first-order valence-electron chi connectivity index (χ1n) is 10.6. The smallest absolute Gasteiger partial charge is 0.278 e. The maximum Gasteiger partial charge on any atom is 0.278 e. The van der Waals surface area contributed by atoms with Crippen LogP contribution in [0.2, 0.25) is 0 Å². The third-order valence-corrected chi connectivity index (χ3v) is 5.38. The summed E-state index contributed by atoms with van der Waals surface area (Å²) in [5, 5.41) is 3.15. The Kier molecular flexibility index (Phi) is 7.20. The number of hydrogen-bond donors (Lipinski definition) is 1. The van der Waals surface area contributed by atoms with Gasteiger partial charge in [-0.1, -0.05) is 18.2 Å². The summed E-state index contributed by atoms with van der Waals surface area (Å²) in [6.07, 6.45) is 0.0133. The third-order valence-electron chi connectivity index (χ3n) is 5.38. The molecule has 0 saturated carbocycles. The average molecular weight is 439 g/mol. The number of anilines is 1. The number of benzene rings is 2. The molecule has 1 aliphatic rings. The van der Waals surface area contributed by atoms with Crippen LogP contribution in [-0.4, -0.2) is 50.2 Å². The predicted molar refractivity (Wildman–Crippen MR) is 124 cm³/mol. The largest absolute Gasteiger partial charge is 0.493 e. The molecule has 0 unspecified atom stereocenters. The highest BCUT2D eigenvalue weighted by Gasteiger charge is 2.39. The lowest BCUT2D eigenvalue weighted by Crippen LogP contribution is -2.35. The lowest BCUT2D eigenvalue weighted by atomic mass is 9.99. The lowest BCUT2D eigenvalue weighted by Gasteiger charge is -2.16. The maximum atomic E-state index is 13.3. The van der Waals surface area contributed by atoms with Crippen LogP contribution in [0.4, 0.5) is 5.69 Å². The van der Waals surface area contributed by atoms with E-state index in [0.717, 1.165) is 11.1 Å². The van der Waals surface area contributed by atoms with Crippen molar-refractivity contribution in [1.82, 2.24) is 4.90 Å². The van der Waals surface area contributed by atoms with Gasteiger partial charge in [0.15, 0.2) is 11.5 Å². The topological polar surface area (TPSA) is 77.1 Å². The zero-order chi connectivity index (χ0) is 23.4. The fourth-order valence-electron chi connectivity index (χ4n) is 3.50. The van der Waals surface area contributed by atoms with Crippen LogP contribution in [0.1, 0.15) is 30.5 Å². The van der Waals surface area contributed by atoms with E-state index in [1.165, 1.54) is 4.90 Å². The number of rotatable bonds is 9. The van der Waals surface area contributed by atoms with E-state index in [9.17, 15) is 9.59 Å². The Morgan fingerprint density at radius 2 is 1.62 bits per heavy atom. The van der Waals surface area contributed by atoms with E-state index < -0.39 is 0 Å². The first-order valence-corrected chi connectivity index (χ1v) is 10.6. The average Bonchev–Trinajstić information content (AvgIpc) is 2.99. The first-order chi connectivity index (χ1) is 15.3. The summed E-state index contributed by atoms with van der Waals surface area (Å²) in [7, 11) is 3.10. The van der Waals surface area contributed by atoms with Crippen molar-refractivity contribution in [1.29, 1.82) is 0 Å². The predicted octanol–water partition coefficient (Wildman–Crippen LogP) is 3.94. The number of methoxy groups -OCH3 is 2. The lowest BCUT2D eigenvalue weighted by molar-refractivity contribution is -0.137. The SMILES string of the molecule is COc1ccc(NC2=C(c3ccc(C)c(C)c3)C(=O)N(CCOC(C)C)C2=O)cc1OC. The highest BCUT2D eigenvalue weighted by Crippen LogP contribution is 2.34. The number of amides is 2. The molecule has 32 heavy (non-hydrogen) atoms. The Balaban J connectivity index is 2.01. The molecule has 0 spiro atoms. The van der Waals surface area contributed by atoms with Gasteiger partial charge >= 0.3 is 0 Å². The highest BCUT2D eigenvalue weighted by atomic mass is 16.5. The number of aryl methyl sites for hydroxylation is 2. The summed E-state index contributed by atoms with van der Waals surface area (Å²) in [6, 6.07) is 11.0. The van der Waals surface area contributed by atoms with Crippen molar-refractivity contribution in [3.8, 4) is 11.5 Å². The second-order valence-electron chi connectivity index (χ2n) is 7.93. The molecule has 0 saturated heterocycles. The molecule has 0 fully saturated rings. The van der Waals surface area contributed by atoms with Crippen molar-refractivity contribution >= 4 is 23.1 Å². The van der Waals surface area contributed by atoms with E-state index in [1.807, 2.05) is 45.9 Å². The van der Waals surface area contributed by atoms with Gasteiger partial charge in [0.2, 0.25) is 0 Å². The normalized spacial score (nSPS) is 13.9. The molecule has 170 valence electrons. The number of carbonyl (C=O) groups excluding carboxylic acids is 2. The molecule has 7 heteroatoms. The minimum atomic E-state index is -0.384. The van der Waals surface area contributed by atoms with Crippen LogP contribution in [0.5, 0.6) is 11.5 Å². The van der Waals surface area contributed by atoms with E-state index in [0.29, 0.717) is 28.3 Å². The molecule has 2 amide bonds. The summed E-state index contributed by atoms with van der Waals surface area (Å²) in [5.41, 5.74) is 4.04. The van der Waals surface area contributed by atoms with Crippen molar-refractivity contribution in [2.75, 3.05) is 32.7 Å². The van der Waals surface area contributed by atoms with Gasteiger partial charge in [-0.3, -0.25) is 14.5 Å². The van der Waals surface area contributed by atoms with E-state index in [4.69, 9.17) is 14.2 Å². The Bertz CT molecular complexity index is 1060. The van der Waals surface area contributed by atoms with Crippen LogP contribution in [0.25, 0.3) is 5.57 Å². The molecule has 7 nitrogen and oxygen atoms in total. The molecule has 0 radical (unpaired) electrons. The van der Waals surface area contributed by atoms with Crippen LogP contribution in [0.15, 0.2) is 42.1 Å². The number of hydrogen-bond acceptors (Lipinski definition) is 6. The molecular weight excluding hydrogens is 408 g/mol. The first kappa shape index (κ1) is 23.3. The van der Waals surface area contributed by atoms with Gasteiger partial charge in [-0.25, -0.2) is 0 Å². The van der Waals surface area contributed by atoms with Gasteiger partial charge in [0, 0.05) is 11.8 Å². The fraction of sp³-hybridized carbons (Fsp3) is 0.360. The molecule has 3 rings (SSSR count). The number of nitrogens with zero attached hydrogens (tertiary/aromatic N) is 1. The van der Waals surface area contributed by atoms with Gasteiger partial charge < -0.3 is 19.5 Å². The maximum absolute atomic E-state index is 13.3. The molecule has 2 aromatic carbocycles. The van der Waals surface area contributed by atoms with Gasteiger partial charge in [0.05, 0.1) is 39.0 Å². The molecule has 2 aromatic rings. The van der Waals surface area contributed by atoms with Gasteiger partial charge in [0.1, 0.15) is 5.70 Å². The molecule has 0 bridgehead atoms. The Morgan fingerprint density at radius 1 is 0.906 bits per heavy atom. The second-order valence-corrected chi connectivity index (χ2v) is 7.93. The minimum absolute atomic E-state index is 0.0133. The van der Waals surface area contributed by atoms with Crippen molar-refractivity contribution in [2.45, 2.75) is 33.8 Å². The van der Waals surface area contributed by atoms with Crippen molar-refractivity contribution < 1.29 is 23.8 Å². The van der Waals surface area contributed by atoms with Crippen LogP contribution in [0.3, 0.4) is 0 Å². The van der Waals surface area contributed by atoms with E-state index in [2.05, 4.69) is 5.32 Å². The molecule has 1 aliphatic heterocycles. The third kappa shape index (κ3) is 4.78. The van der Waals surface area contributed by atoms with Gasteiger partial charge in [-0.15, -0.1) is 0 Å². The summed E-state index contributed by atoms with van der Waals surface area (Å²) in [4.78, 5) is 27.8. The number of nitrogens with one attached hydrogen (secondary N) is 1. The van der Waals surface area contributed by atoms with Crippen LogP contribution < -0.4 is 14.8 Å². The minimum Gasteiger partial charge on any atom is -0.493 e. The summed E-state index contributed by atoms with van der Waals surface area (Å²) >= 11 is 0. The molecule has 0 atom stereocenters. The zero-order valence-electron chi connectivity index (χ0n) is 19.4. The Hall–Kier alpha value is -3.32. The number of ether oxygens (including phenoxy) is 3. The van der Waals surface area contributed by atoms with Crippen LogP contribution in [0, 0.1) is 13.8 Å². The second kappa shape index (κ2) is 9.87. The van der Waals surface area contributed by atoms with Gasteiger partial charge in [-0.2, -0.15) is 0 Å². The van der Waals surface area contributed by atoms with Crippen LogP contribution >= 0.6 is 0 Å². The summed E-state index contributed by atoms with van der Waals surface area (Å²) in [6.45, 7) is 8.27. The molecule has 0 aliphatic carbocycles. The number of imide groups is 1. The van der Waals surface area contributed by atoms with Crippen molar-refractivity contribution in [3.05, 3.63) is 58.8 Å². The van der Waals surface area contributed by atoms with E-state index >= 15 is 0 Å².